The predicted molar refractivity (Wildman–Crippen MR) is 125 cm³/mol. The summed E-state index contributed by atoms with van der Waals surface area (Å²) in [5.74, 6) is 0.820. The van der Waals surface area contributed by atoms with E-state index in [4.69, 9.17) is 9.47 Å². The summed E-state index contributed by atoms with van der Waals surface area (Å²) in [5.41, 5.74) is 4.15. The van der Waals surface area contributed by atoms with Crippen molar-refractivity contribution in [1.82, 2.24) is 15.0 Å². The summed E-state index contributed by atoms with van der Waals surface area (Å²) >= 11 is 1.59. The van der Waals surface area contributed by atoms with Crippen molar-refractivity contribution in [3.05, 3.63) is 50.9 Å². The van der Waals surface area contributed by atoms with Gasteiger partial charge in [0.1, 0.15) is 11.4 Å². The molecule has 0 radical (unpaired) electrons. The van der Waals surface area contributed by atoms with Crippen LogP contribution in [0.3, 0.4) is 0 Å². The van der Waals surface area contributed by atoms with Crippen LogP contribution in [0.5, 0.6) is 11.5 Å². The van der Waals surface area contributed by atoms with E-state index >= 15 is 0 Å². The second-order valence-electron chi connectivity index (χ2n) is 7.94. The fourth-order valence-corrected chi connectivity index (χ4v) is 5.00. The SMILES string of the molecule is COc1cc(/C=N\NC(=O)Cn2cnc3sc4c(c3c2=O)CCCC4)ccc1OC(C)C. The minimum absolute atomic E-state index is 0.0272. The summed E-state index contributed by atoms with van der Waals surface area (Å²) in [7, 11) is 1.57. The van der Waals surface area contributed by atoms with Crippen molar-refractivity contribution in [1.29, 1.82) is 0 Å². The number of methoxy groups -OCH3 is 1. The molecule has 0 atom stereocenters. The van der Waals surface area contributed by atoms with Crippen LogP contribution in [0.1, 0.15) is 42.7 Å². The Morgan fingerprint density at radius 3 is 2.91 bits per heavy atom. The molecular formula is C23H26N4O4S. The van der Waals surface area contributed by atoms with E-state index in [-0.39, 0.29) is 18.2 Å². The highest BCUT2D eigenvalue weighted by Gasteiger charge is 2.20. The Morgan fingerprint density at radius 1 is 1.31 bits per heavy atom. The number of fused-ring (bicyclic) bond motifs is 3. The molecule has 1 aromatic carbocycles. The number of nitrogens with zero attached hydrogens (tertiary/aromatic N) is 3. The topological polar surface area (TPSA) is 94.8 Å². The van der Waals surface area contributed by atoms with Gasteiger partial charge in [0.2, 0.25) is 0 Å². The number of aromatic nitrogens is 2. The molecule has 1 aliphatic carbocycles. The number of nitrogens with one attached hydrogen (secondary N) is 1. The van der Waals surface area contributed by atoms with Crippen LogP contribution >= 0.6 is 11.3 Å². The third kappa shape index (κ3) is 4.67. The van der Waals surface area contributed by atoms with E-state index < -0.39 is 5.91 Å². The van der Waals surface area contributed by atoms with Crippen molar-refractivity contribution in [3.63, 3.8) is 0 Å². The number of thiophene rings is 1. The second-order valence-corrected chi connectivity index (χ2v) is 9.02. The van der Waals surface area contributed by atoms with Gasteiger partial charge in [0, 0.05) is 4.88 Å². The predicted octanol–water partition coefficient (Wildman–Crippen LogP) is 3.28. The molecule has 4 rings (SSSR count). The number of carbonyl (C=O) groups excluding carboxylic acids is 1. The van der Waals surface area contributed by atoms with Crippen molar-refractivity contribution in [2.75, 3.05) is 7.11 Å². The van der Waals surface area contributed by atoms with Gasteiger partial charge < -0.3 is 9.47 Å². The normalized spacial score (nSPS) is 13.5. The van der Waals surface area contributed by atoms with Crippen LogP contribution in [0, 0.1) is 0 Å². The van der Waals surface area contributed by atoms with E-state index in [1.54, 1.807) is 30.6 Å². The Labute approximate surface area is 189 Å². The molecule has 9 heteroatoms. The summed E-state index contributed by atoms with van der Waals surface area (Å²) < 4.78 is 12.4. The quantitative estimate of drug-likeness (QED) is 0.437. The molecule has 0 unspecified atom stereocenters. The van der Waals surface area contributed by atoms with Gasteiger partial charge >= 0.3 is 0 Å². The van der Waals surface area contributed by atoms with Crippen LogP contribution in [0.4, 0.5) is 0 Å². The average molecular weight is 455 g/mol. The maximum Gasteiger partial charge on any atom is 0.262 e. The van der Waals surface area contributed by atoms with E-state index in [0.29, 0.717) is 16.9 Å². The van der Waals surface area contributed by atoms with Crippen LogP contribution in [0.2, 0.25) is 0 Å². The molecular weight excluding hydrogens is 428 g/mol. The molecule has 0 aliphatic heterocycles. The smallest absolute Gasteiger partial charge is 0.262 e. The third-order valence-corrected chi connectivity index (χ3v) is 6.41. The number of benzene rings is 1. The standard InChI is InChI=1S/C23H26N4O4S/c1-14(2)31-17-9-8-15(10-18(17)30-3)11-25-26-20(28)12-27-13-24-22-21(23(27)29)16-6-4-5-7-19(16)32-22/h8-11,13-14H,4-7,12H2,1-3H3,(H,26,28)/b25-11-. The Hall–Kier alpha value is -3.20. The molecule has 3 aromatic rings. The molecule has 1 N–H and O–H groups in total. The number of amides is 1. The average Bonchev–Trinajstić information content (AvgIpc) is 3.15. The summed E-state index contributed by atoms with van der Waals surface area (Å²) in [4.78, 5) is 31.7. The monoisotopic (exact) mass is 454 g/mol. The van der Waals surface area contributed by atoms with Crippen LogP contribution in [0.15, 0.2) is 34.4 Å². The minimum atomic E-state index is -0.402. The lowest BCUT2D eigenvalue weighted by molar-refractivity contribution is -0.121. The van der Waals surface area contributed by atoms with Gasteiger partial charge in [-0.1, -0.05) is 0 Å². The van der Waals surface area contributed by atoms with Gasteiger partial charge in [-0.3, -0.25) is 14.2 Å². The zero-order valence-electron chi connectivity index (χ0n) is 18.4. The highest BCUT2D eigenvalue weighted by atomic mass is 32.1. The maximum absolute atomic E-state index is 13.0. The van der Waals surface area contributed by atoms with Gasteiger partial charge in [-0.25, -0.2) is 10.4 Å². The van der Waals surface area contributed by atoms with Crippen molar-refractivity contribution in [2.24, 2.45) is 5.10 Å². The van der Waals surface area contributed by atoms with Gasteiger partial charge in [0.15, 0.2) is 11.5 Å². The molecule has 0 saturated carbocycles. The van der Waals surface area contributed by atoms with Gasteiger partial charge in [-0.05, 0) is 68.9 Å². The summed E-state index contributed by atoms with van der Waals surface area (Å²) in [6, 6.07) is 5.39. The lowest BCUT2D eigenvalue weighted by atomic mass is 9.97. The van der Waals surface area contributed by atoms with Gasteiger partial charge in [0.25, 0.3) is 11.5 Å². The summed E-state index contributed by atoms with van der Waals surface area (Å²) in [5, 5.41) is 4.67. The minimum Gasteiger partial charge on any atom is -0.493 e. The Morgan fingerprint density at radius 2 is 2.12 bits per heavy atom. The van der Waals surface area contributed by atoms with Gasteiger partial charge in [-0.2, -0.15) is 5.10 Å². The van der Waals surface area contributed by atoms with E-state index in [2.05, 4.69) is 15.5 Å². The Kier molecular flexibility index (Phi) is 6.55. The van der Waals surface area contributed by atoms with Crippen molar-refractivity contribution < 1.29 is 14.3 Å². The largest absolute Gasteiger partial charge is 0.493 e. The molecule has 168 valence electrons. The molecule has 1 amide bonds. The van der Waals surface area contributed by atoms with Gasteiger partial charge in [-0.15, -0.1) is 11.3 Å². The molecule has 0 saturated heterocycles. The highest BCUT2D eigenvalue weighted by Crippen LogP contribution is 2.33. The molecule has 1 aliphatic rings. The first-order valence-electron chi connectivity index (χ1n) is 10.6. The number of rotatable bonds is 7. The van der Waals surface area contributed by atoms with Crippen molar-refractivity contribution in [3.8, 4) is 11.5 Å². The van der Waals surface area contributed by atoms with E-state index in [9.17, 15) is 9.59 Å². The number of carbonyl (C=O) groups is 1. The van der Waals surface area contributed by atoms with Gasteiger partial charge in [0.05, 0.1) is 31.1 Å². The first kappa shape index (κ1) is 22.0. The molecule has 32 heavy (non-hydrogen) atoms. The van der Waals surface area contributed by atoms with Crippen LogP contribution < -0.4 is 20.5 Å². The lowest BCUT2D eigenvalue weighted by Gasteiger charge is -2.13. The van der Waals surface area contributed by atoms with Crippen LogP contribution in [0.25, 0.3) is 10.2 Å². The molecule has 0 bridgehead atoms. The number of hydrazone groups is 1. The van der Waals surface area contributed by atoms with E-state index in [1.807, 2.05) is 19.9 Å². The Bertz CT molecular complexity index is 1230. The van der Waals surface area contributed by atoms with E-state index in [0.717, 1.165) is 41.6 Å². The number of hydrogen-bond acceptors (Lipinski definition) is 7. The molecule has 0 fully saturated rings. The summed E-state index contributed by atoms with van der Waals surface area (Å²) in [6.45, 7) is 3.74. The fourth-order valence-electron chi connectivity index (χ4n) is 3.78. The number of aryl methyl sites for hydroxylation is 2. The summed E-state index contributed by atoms with van der Waals surface area (Å²) in [6.07, 6.45) is 7.11. The number of hydrogen-bond donors (Lipinski definition) is 1. The zero-order chi connectivity index (χ0) is 22.7. The molecule has 2 heterocycles. The van der Waals surface area contributed by atoms with E-state index in [1.165, 1.54) is 22.0 Å². The zero-order valence-corrected chi connectivity index (χ0v) is 19.2. The first-order chi connectivity index (χ1) is 15.5. The first-order valence-corrected chi connectivity index (χ1v) is 11.4. The molecule has 8 nitrogen and oxygen atoms in total. The van der Waals surface area contributed by atoms with Crippen LogP contribution in [-0.4, -0.2) is 34.9 Å². The van der Waals surface area contributed by atoms with Crippen molar-refractivity contribution >= 4 is 33.7 Å². The maximum atomic E-state index is 13.0. The number of ether oxygens (including phenoxy) is 2. The van der Waals surface area contributed by atoms with Crippen LogP contribution in [-0.2, 0) is 24.2 Å². The second kappa shape index (κ2) is 9.52. The lowest BCUT2D eigenvalue weighted by Crippen LogP contribution is -2.30. The molecule has 2 aromatic heterocycles. The molecule has 0 spiro atoms. The third-order valence-electron chi connectivity index (χ3n) is 5.21. The fraction of sp³-hybridized carbons (Fsp3) is 0.391. The Balaban J connectivity index is 1.44. The van der Waals surface area contributed by atoms with Crippen molar-refractivity contribution in [2.45, 2.75) is 52.2 Å². The highest BCUT2D eigenvalue weighted by molar-refractivity contribution is 7.18.